The maximum absolute atomic E-state index is 5.13. The summed E-state index contributed by atoms with van der Waals surface area (Å²) in [5, 5.41) is 13.8. The molecule has 6 heteroatoms. The topological polar surface area (TPSA) is 66.9 Å². The molecule has 0 saturated heterocycles. The summed E-state index contributed by atoms with van der Waals surface area (Å²) in [5.74, 6) is 1.63. The fourth-order valence-electron chi connectivity index (χ4n) is 1.70. The number of hydrogen-bond acceptors (Lipinski definition) is 5. The number of nitrogens with zero attached hydrogens (tertiary/aromatic N) is 4. The van der Waals surface area contributed by atoms with E-state index < -0.39 is 0 Å². The second kappa shape index (κ2) is 6.11. The number of aromatic amines is 1. The van der Waals surface area contributed by atoms with Crippen LogP contribution in [0.4, 0.5) is 0 Å². The van der Waals surface area contributed by atoms with Crippen LogP contribution >= 0.6 is 0 Å². The van der Waals surface area contributed by atoms with Crippen LogP contribution in [-0.2, 0) is 13.0 Å². The average molecular weight is 247 g/mol. The molecular formula is C12H17N5O. The van der Waals surface area contributed by atoms with Crippen molar-refractivity contribution in [3.63, 3.8) is 0 Å². The Kier molecular flexibility index (Phi) is 4.25. The Morgan fingerprint density at radius 2 is 2.06 bits per heavy atom. The molecule has 0 amide bonds. The largest absolute Gasteiger partial charge is 0.497 e. The summed E-state index contributed by atoms with van der Waals surface area (Å²) in [6, 6.07) is 8.10. The van der Waals surface area contributed by atoms with Gasteiger partial charge in [0.05, 0.1) is 7.11 Å². The van der Waals surface area contributed by atoms with Crippen LogP contribution in [-0.4, -0.2) is 46.2 Å². The Hall–Kier alpha value is -1.95. The van der Waals surface area contributed by atoms with Gasteiger partial charge in [0.2, 0.25) is 0 Å². The van der Waals surface area contributed by atoms with Crippen LogP contribution in [0.3, 0.4) is 0 Å². The van der Waals surface area contributed by atoms with Gasteiger partial charge in [0.25, 0.3) is 0 Å². The molecule has 0 spiro atoms. The molecule has 6 nitrogen and oxygen atoms in total. The molecule has 1 N–H and O–H groups in total. The molecule has 0 atom stereocenters. The lowest BCUT2D eigenvalue weighted by Crippen LogP contribution is -2.21. The molecule has 18 heavy (non-hydrogen) atoms. The van der Waals surface area contributed by atoms with E-state index in [4.69, 9.17) is 4.74 Å². The first-order chi connectivity index (χ1) is 8.78. The highest BCUT2D eigenvalue weighted by Gasteiger charge is 2.03. The number of rotatable bonds is 6. The van der Waals surface area contributed by atoms with E-state index >= 15 is 0 Å². The Labute approximate surface area is 106 Å². The first-order valence-corrected chi connectivity index (χ1v) is 5.81. The highest BCUT2D eigenvalue weighted by molar-refractivity contribution is 5.27. The number of benzene rings is 1. The van der Waals surface area contributed by atoms with Crippen LogP contribution in [0, 0.1) is 0 Å². The minimum Gasteiger partial charge on any atom is -0.497 e. The third kappa shape index (κ3) is 3.53. The van der Waals surface area contributed by atoms with Gasteiger partial charge in [0.1, 0.15) is 5.75 Å². The molecule has 1 heterocycles. The van der Waals surface area contributed by atoms with E-state index in [0.29, 0.717) is 0 Å². The first-order valence-electron chi connectivity index (χ1n) is 5.81. The SMILES string of the molecule is COc1ccc(CN(C)CCc2nn[nH]n2)cc1. The number of nitrogens with one attached hydrogen (secondary N) is 1. The maximum Gasteiger partial charge on any atom is 0.175 e. The van der Waals surface area contributed by atoms with Gasteiger partial charge in [0, 0.05) is 19.5 Å². The molecule has 2 rings (SSSR count). The van der Waals surface area contributed by atoms with Crippen molar-refractivity contribution in [2.75, 3.05) is 20.7 Å². The van der Waals surface area contributed by atoms with Gasteiger partial charge in [-0.1, -0.05) is 17.3 Å². The fraction of sp³-hybridized carbons (Fsp3) is 0.417. The van der Waals surface area contributed by atoms with E-state index in [2.05, 4.69) is 44.7 Å². The van der Waals surface area contributed by atoms with Gasteiger partial charge in [-0.3, -0.25) is 0 Å². The lowest BCUT2D eigenvalue weighted by Gasteiger charge is -2.15. The molecule has 0 radical (unpaired) electrons. The van der Waals surface area contributed by atoms with E-state index in [0.717, 1.165) is 31.1 Å². The number of likely N-dealkylation sites (N-methyl/N-ethyl adjacent to an activating group) is 1. The third-order valence-electron chi connectivity index (χ3n) is 2.72. The molecule has 0 aliphatic carbocycles. The minimum absolute atomic E-state index is 0.747. The van der Waals surface area contributed by atoms with E-state index in [9.17, 15) is 0 Å². The van der Waals surface area contributed by atoms with Crippen molar-refractivity contribution >= 4 is 0 Å². The number of tetrazole rings is 1. The van der Waals surface area contributed by atoms with E-state index in [1.807, 2.05) is 12.1 Å². The van der Waals surface area contributed by atoms with Gasteiger partial charge in [-0.2, -0.15) is 5.21 Å². The zero-order chi connectivity index (χ0) is 12.8. The number of methoxy groups -OCH3 is 1. The molecule has 2 aromatic rings. The predicted octanol–water partition coefficient (Wildman–Crippen LogP) is 0.883. The zero-order valence-corrected chi connectivity index (χ0v) is 10.6. The summed E-state index contributed by atoms with van der Waals surface area (Å²) in [6.45, 7) is 1.79. The summed E-state index contributed by atoms with van der Waals surface area (Å²) >= 11 is 0. The van der Waals surface area contributed by atoms with Crippen LogP contribution in [0.25, 0.3) is 0 Å². The van der Waals surface area contributed by atoms with Crippen molar-refractivity contribution in [2.24, 2.45) is 0 Å². The van der Waals surface area contributed by atoms with Crippen LogP contribution in [0.1, 0.15) is 11.4 Å². The van der Waals surface area contributed by atoms with Crippen molar-refractivity contribution < 1.29 is 4.74 Å². The second-order valence-electron chi connectivity index (χ2n) is 4.16. The first kappa shape index (κ1) is 12.5. The monoisotopic (exact) mass is 247 g/mol. The predicted molar refractivity (Wildman–Crippen MR) is 67.2 cm³/mol. The van der Waals surface area contributed by atoms with Crippen molar-refractivity contribution in [3.8, 4) is 5.75 Å². The Balaban J connectivity index is 1.80. The smallest absolute Gasteiger partial charge is 0.175 e. The van der Waals surface area contributed by atoms with Crippen molar-refractivity contribution in [1.82, 2.24) is 25.5 Å². The molecule has 0 unspecified atom stereocenters. The van der Waals surface area contributed by atoms with Gasteiger partial charge in [-0.15, -0.1) is 10.2 Å². The van der Waals surface area contributed by atoms with E-state index in [-0.39, 0.29) is 0 Å². The second-order valence-corrected chi connectivity index (χ2v) is 4.16. The molecule has 1 aromatic heterocycles. The Morgan fingerprint density at radius 3 is 2.67 bits per heavy atom. The van der Waals surface area contributed by atoms with Gasteiger partial charge >= 0.3 is 0 Å². The minimum atomic E-state index is 0.747. The lowest BCUT2D eigenvalue weighted by molar-refractivity contribution is 0.328. The molecular weight excluding hydrogens is 230 g/mol. The summed E-state index contributed by atoms with van der Waals surface area (Å²) in [7, 11) is 3.75. The molecule has 0 aliphatic heterocycles. The van der Waals surface area contributed by atoms with Crippen molar-refractivity contribution in [2.45, 2.75) is 13.0 Å². The van der Waals surface area contributed by atoms with Gasteiger partial charge in [-0.05, 0) is 24.7 Å². The molecule has 0 fully saturated rings. The highest BCUT2D eigenvalue weighted by atomic mass is 16.5. The van der Waals surface area contributed by atoms with Gasteiger partial charge < -0.3 is 9.64 Å². The molecule has 96 valence electrons. The maximum atomic E-state index is 5.13. The summed E-state index contributed by atoms with van der Waals surface area (Å²) in [6.07, 6.45) is 0.795. The highest BCUT2D eigenvalue weighted by Crippen LogP contribution is 2.12. The third-order valence-corrected chi connectivity index (χ3v) is 2.72. The van der Waals surface area contributed by atoms with Crippen LogP contribution in [0.5, 0.6) is 5.75 Å². The quantitative estimate of drug-likeness (QED) is 0.821. The van der Waals surface area contributed by atoms with Crippen molar-refractivity contribution in [3.05, 3.63) is 35.7 Å². The number of hydrogen-bond donors (Lipinski definition) is 1. The zero-order valence-electron chi connectivity index (χ0n) is 10.6. The van der Waals surface area contributed by atoms with E-state index in [1.54, 1.807) is 7.11 Å². The molecule has 1 aromatic carbocycles. The van der Waals surface area contributed by atoms with Gasteiger partial charge in [-0.25, -0.2) is 0 Å². The normalized spacial score (nSPS) is 10.8. The van der Waals surface area contributed by atoms with Crippen LogP contribution in [0.15, 0.2) is 24.3 Å². The van der Waals surface area contributed by atoms with Crippen LogP contribution < -0.4 is 4.74 Å². The fourth-order valence-corrected chi connectivity index (χ4v) is 1.70. The molecule has 0 aliphatic rings. The standard InChI is InChI=1S/C12H17N5O/c1-17(8-7-12-13-15-16-14-12)9-10-3-5-11(18-2)6-4-10/h3-6H,7-9H2,1-2H3,(H,13,14,15,16). The lowest BCUT2D eigenvalue weighted by atomic mass is 10.2. The molecule has 0 saturated carbocycles. The molecule has 0 bridgehead atoms. The Bertz CT molecular complexity index is 454. The van der Waals surface area contributed by atoms with Crippen LogP contribution in [0.2, 0.25) is 0 Å². The summed E-state index contributed by atoms with van der Waals surface area (Å²) in [5.41, 5.74) is 1.26. The average Bonchev–Trinajstić information content (AvgIpc) is 2.90. The summed E-state index contributed by atoms with van der Waals surface area (Å²) < 4.78 is 5.13. The number of ether oxygens (including phenoxy) is 1. The van der Waals surface area contributed by atoms with Crippen molar-refractivity contribution in [1.29, 1.82) is 0 Å². The number of H-pyrrole nitrogens is 1. The number of aromatic nitrogens is 4. The van der Waals surface area contributed by atoms with Gasteiger partial charge in [0.15, 0.2) is 5.82 Å². The summed E-state index contributed by atoms with van der Waals surface area (Å²) in [4.78, 5) is 2.22. The Morgan fingerprint density at radius 1 is 1.28 bits per heavy atom. The van der Waals surface area contributed by atoms with E-state index in [1.165, 1.54) is 5.56 Å².